The van der Waals surface area contributed by atoms with Crippen molar-refractivity contribution >= 4 is 5.78 Å². The molecule has 3 heteroatoms. The van der Waals surface area contributed by atoms with Crippen LogP contribution in [0, 0.1) is 0 Å². The van der Waals surface area contributed by atoms with Gasteiger partial charge in [-0.25, -0.2) is 0 Å². The van der Waals surface area contributed by atoms with Crippen molar-refractivity contribution in [1.29, 1.82) is 0 Å². The molecule has 18 heavy (non-hydrogen) atoms. The molecule has 2 saturated carbocycles. The lowest BCUT2D eigenvalue weighted by Gasteiger charge is -2.43. The molecule has 0 aliphatic heterocycles. The van der Waals surface area contributed by atoms with E-state index in [1.165, 1.54) is 12.8 Å². The summed E-state index contributed by atoms with van der Waals surface area (Å²) in [6, 6.07) is 0. The van der Waals surface area contributed by atoms with Gasteiger partial charge in [0.15, 0.2) is 5.78 Å². The molecule has 104 valence electrons. The van der Waals surface area contributed by atoms with Gasteiger partial charge in [-0.1, -0.05) is 38.5 Å². The Morgan fingerprint density at radius 1 is 0.722 bits per heavy atom. The predicted molar refractivity (Wildman–Crippen MR) is 70.7 cm³/mol. The Labute approximate surface area is 110 Å². The SMILES string of the molecule is COC1(C(=O)C2(OC)CCCCC2)CCCCC1. The molecule has 0 N–H and O–H groups in total. The van der Waals surface area contributed by atoms with E-state index in [1.807, 2.05) is 0 Å². The third-order valence-electron chi connectivity index (χ3n) is 4.93. The van der Waals surface area contributed by atoms with Crippen LogP contribution in [-0.2, 0) is 14.3 Å². The molecule has 2 rings (SSSR count). The summed E-state index contributed by atoms with van der Waals surface area (Å²) in [5.41, 5.74) is -1.13. The summed E-state index contributed by atoms with van der Waals surface area (Å²) in [5.74, 6) is 0.222. The zero-order chi connectivity index (χ0) is 13.1. The van der Waals surface area contributed by atoms with Gasteiger partial charge in [0.05, 0.1) is 0 Å². The maximum Gasteiger partial charge on any atom is 0.196 e. The first-order valence-electron chi connectivity index (χ1n) is 7.34. The molecule has 2 aliphatic rings. The summed E-state index contributed by atoms with van der Waals surface area (Å²) in [6.45, 7) is 0. The number of Topliss-reactive ketones (excluding diaryl/α,β-unsaturated/α-hetero) is 1. The molecular weight excluding hydrogens is 228 g/mol. The van der Waals surface area contributed by atoms with E-state index >= 15 is 0 Å². The van der Waals surface area contributed by atoms with Gasteiger partial charge in [0.1, 0.15) is 11.2 Å². The van der Waals surface area contributed by atoms with Gasteiger partial charge in [0.25, 0.3) is 0 Å². The molecule has 3 nitrogen and oxygen atoms in total. The summed E-state index contributed by atoms with van der Waals surface area (Å²) in [4.78, 5) is 13.0. The molecular formula is C15H26O3. The average Bonchev–Trinajstić information content (AvgIpc) is 2.48. The summed E-state index contributed by atoms with van der Waals surface area (Å²) in [6.07, 6.45) is 10.3. The molecule has 0 aromatic carbocycles. The van der Waals surface area contributed by atoms with Crippen LogP contribution in [0.4, 0.5) is 0 Å². The molecule has 0 saturated heterocycles. The Hall–Kier alpha value is -0.410. The standard InChI is InChI=1S/C15H26O3/c1-17-14(9-5-3-6-10-14)13(16)15(18-2)11-7-4-8-12-15/h3-12H2,1-2H3. The second-order valence-corrected chi connectivity index (χ2v) is 5.85. The number of hydrogen-bond acceptors (Lipinski definition) is 3. The normalized spacial score (nSPS) is 26.8. The van der Waals surface area contributed by atoms with Crippen molar-refractivity contribution in [1.82, 2.24) is 0 Å². The maximum absolute atomic E-state index is 13.0. The fraction of sp³-hybridized carbons (Fsp3) is 0.933. The maximum atomic E-state index is 13.0. The van der Waals surface area contributed by atoms with Crippen LogP contribution in [0.2, 0.25) is 0 Å². The summed E-state index contributed by atoms with van der Waals surface area (Å²) < 4.78 is 11.4. The Bertz CT molecular complexity index is 258. The van der Waals surface area contributed by atoms with Crippen LogP contribution in [0.15, 0.2) is 0 Å². The molecule has 0 aromatic heterocycles. The van der Waals surface area contributed by atoms with Crippen molar-refractivity contribution < 1.29 is 14.3 Å². The van der Waals surface area contributed by atoms with Gasteiger partial charge < -0.3 is 9.47 Å². The lowest BCUT2D eigenvalue weighted by atomic mass is 9.70. The number of carbonyl (C=O) groups excluding carboxylic acids is 1. The molecule has 2 aliphatic carbocycles. The smallest absolute Gasteiger partial charge is 0.196 e. The number of methoxy groups -OCH3 is 2. The van der Waals surface area contributed by atoms with Crippen LogP contribution in [0.3, 0.4) is 0 Å². The molecule has 0 radical (unpaired) electrons. The first-order chi connectivity index (χ1) is 8.69. The second-order valence-electron chi connectivity index (χ2n) is 5.85. The highest BCUT2D eigenvalue weighted by atomic mass is 16.5. The van der Waals surface area contributed by atoms with Gasteiger partial charge in [-0.05, 0) is 25.7 Å². The predicted octanol–water partition coefficient (Wildman–Crippen LogP) is 3.25. The Morgan fingerprint density at radius 2 is 1.06 bits per heavy atom. The first-order valence-corrected chi connectivity index (χ1v) is 7.34. The molecule has 0 bridgehead atoms. The average molecular weight is 254 g/mol. The third kappa shape index (κ3) is 2.35. The molecule has 0 aromatic rings. The number of carbonyl (C=O) groups is 1. The van der Waals surface area contributed by atoms with Gasteiger partial charge >= 0.3 is 0 Å². The van der Waals surface area contributed by atoms with E-state index in [1.54, 1.807) is 14.2 Å². The van der Waals surface area contributed by atoms with Crippen molar-refractivity contribution in [2.24, 2.45) is 0 Å². The highest BCUT2D eigenvalue weighted by Gasteiger charge is 2.51. The van der Waals surface area contributed by atoms with Crippen LogP contribution in [0.1, 0.15) is 64.2 Å². The van der Waals surface area contributed by atoms with E-state index in [0.29, 0.717) is 0 Å². The number of hydrogen-bond donors (Lipinski definition) is 0. The van der Waals surface area contributed by atoms with Crippen molar-refractivity contribution in [2.45, 2.75) is 75.4 Å². The van der Waals surface area contributed by atoms with E-state index in [-0.39, 0.29) is 5.78 Å². The van der Waals surface area contributed by atoms with E-state index < -0.39 is 11.2 Å². The number of ketones is 1. The van der Waals surface area contributed by atoms with Crippen molar-refractivity contribution in [3.05, 3.63) is 0 Å². The van der Waals surface area contributed by atoms with Crippen molar-refractivity contribution in [3.8, 4) is 0 Å². The molecule has 0 unspecified atom stereocenters. The zero-order valence-corrected chi connectivity index (χ0v) is 11.8. The van der Waals surface area contributed by atoms with Crippen molar-refractivity contribution in [2.75, 3.05) is 14.2 Å². The van der Waals surface area contributed by atoms with Gasteiger partial charge in [0.2, 0.25) is 0 Å². The highest BCUT2D eigenvalue weighted by Crippen LogP contribution is 2.41. The molecule has 0 amide bonds. The largest absolute Gasteiger partial charge is 0.370 e. The van der Waals surface area contributed by atoms with Crippen LogP contribution in [0.25, 0.3) is 0 Å². The van der Waals surface area contributed by atoms with Gasteiger partial charge in [-0.15, -0.1) is 0 Å². The van der Waals surface area contributed by atoms with Crippen LogP contribution < -0.4 is 0 Å². The molecule has 2 fully saturated rings. The van der Waals surface area contributed by atoms with Gasteiger partial charge in [-0.3, -0.25) is 4.79 Å². The number of rotatable bonds is 4. The van der Waals surface area contributed by atoms with Gasteiger partial charge in [0, 0.05) is 14.2 Å². The van der Waals surface area contributed by atoms with E-state index in [9.17, 15) is 4.79 Å². The minimum atomic E-state index is -0.564. The Morgan fingerprint density at radius 3 is 1.33 bits per heavy atom. The molecule has 0 atom stereocenters. The van der Waals surface area contributed by atoms with E-state index in [2.05, 4.69) is 0 Å². The second kappa shape index (κ2) is 5.70. The quantitative estimate of drug-likeness (QED) is 0.772. The summed E-state index contributed by atoms with van der Waals surface area (Å²) in [5, 5.41) is 0. The fourth-order valence-corrected chi connectivity index (χ4v) is 3.71. The first kappa shape index (κ1) is 14.0. The minimum Gasteiger partial charge on any atom is -0.370 e. The summed E-state index contributed by atoms with van der Waals surface area (Å²) >= 11 is 0. The third-order valence-corrected chi connectivity index (χ3v) is 4.93. The van der Waals surface area contributed by atoms with E-state index in [0.717, 1.165) is 51.4 Å². The Balaban J connectivity index is 2.20. The lowest BCUT2D eigenvalue weighted by molar-refractivity contribution is -0.171. The molecule has 0 spiro atoms. The Kier molecular flexibility index (Phi) is 4.44. The molecule has 0 heterocycles. The topological polar surface area (TPSA) is 35.5 Å². The highest BCUT2D eigenvalue weighted by molar-refractivity contribution is 5.95. The minimum absolute atomic E-state index is 0.222. The lowest BCUT2D eigenvalue weighted by Crippen LogP contribution is -2.56. The fourth-order valence-electron chi connectivity index (χ4n) is 3.71. The zero-order valence-electron chi connectivity index (χ0n) is 11.8. The van der Waals surface area contributed by atoms with E-state index in [4.69, 9.17) is 9.47 Å². The van der Waals surface area contributed by atoms with Crippen LogP contribution >= 0.6 is 0 Å². The van der Waals surface area contributed by atoms with Gasteiger partial charge in [-0.2, -0.15) is 0 Å². The van der Waals surface area contributed by atoms with Crippen LogP contribution in [0.5, 0.6) is 0 Å². The van der Waals surface area contributed by atoms with Crippen LogP contribution in [-0.4, -0.2) is 31.2 Å². The monoisotopic (exact) mass is 254 g/mol. The number of ether oxygens (including phenoxy) is 2. The summed E-state index contributed by atoms with van der Waals surface area (Å²) in [7, 11) is 3.38. The van der Waals surface area contributed by atoms with Crippen molar-refractivity contribution in [3.63, 3.8) is 0 Å².